The molecule has 0 saturated carbocycles. The molecule has 0 bridgehead atoms. The quantitative estimate of drug-likeness (QED) is 0.892. The van der Waals surface area contributed by atoms with E-state index in [4.69, 9.17) is 0 Å². The number of hydrogen-bond donors (Lipinski definition) is 2. The highest BCUT2D eigenvalue weighted by Crippen LogP contribution is 2.33. The predicted octanol–water partition coefficient (Wildman–Crippen LogP) is 3.39. The summed E-state index contributed by atoms with van der Waals surface area (Å²) >= 11 is 2.04. The summed E-state index contributed by atoms with van der Waals surface area (Å²) < 4.78 is 0. The first-order valence-electron chi connectivity index (χ1n) is 7.48. The normalized spacial score (nSPS) is 24.7. The van der Waals surface area contributed by atoms with Gasteiger partial charge in [0, 0.05) is 46.9 Å². The topological polar surface area (TPSA) is 35.5 Å². The van der Waals surface area contributed by atoms with E-state index in [9.17, 15) is 5.11 Å². The molecule has 0 amide bonds. The summed E-state index contributed by atoms with van der Waals surface area (Å²) in [6.07, 6.45) is 0. The Morgan fingerprint density at radius 2 is 2.00 bits per heavy atom. The first-order chi connectivity index (χ1) is 9.51. The third-order valence-electron chi connectivity index (χ3n) is 3.78. The Balaban J connectivity index is 2.16. The van der Waals surface area contributed by atoms with Crippen molar-refractivity contribution < 1.29 is 5.11 Å². The number of nitrogens with one attached hydrogen (secondary N) is 1. The first-order valence-corrected chi connectivity index (χ1v) is 8.42. The number of aromatic hydroxyl groups is 1. The van der Waals surface area contributed by atoms with Gasteiger partial charge in [0.05, 0.1) is 0 Å². The van der Waals surface area contributed by atoms with Crippen LogP contribution in [0.3, 0.4) is 0 Å². The third-order valence-corrected chi connectivity index (χ3v) is 5.00. The molecule has 112 valence electrons. The maximum Gasteiger partial charge on any atom is 0.122 e. The second kappa shape index (κ2) is 6.72. The van der Waals surface area contributed by atoms with Gasteiger partial charge >= 0.3 is 0 Å². The minimum absolute atomic E-state index is 0.184. The van der Waals surface area contributed by atoms with Crippen LogP contribution in [0.1, 0.15) is 39.3 Å². The van der Waals surface area contributed by atoms with Gasteiger partial charge in [0.2, 0.25) is 0 Å². The van der Waals surface area contributed by atoms with Crippen molar-refractivity contribution in [3.63, 3.8) is 0 Å². The fraction of sp³-hybridized carbons (Fsp3) is 0.625. The number of thioether (sulfide) groups is 1. The summed E-state index contributed by atoms with van der Waals surface area (Å²) in [7, 11) is 0. The highest BCUT2D eigenvalue weighted by atomic mass is 32.2. The van der Waals surface area contributed by atoms with E-state index in [1.165, 1.54) is 0 Å². The van der Waals surface area contributed by atoms with Crippen molar-refractivity contribution >= 4 is 17.4 Å². The Labute approximate surface area is 126 Å². The van der Waals surface area contributed by atoms with E-state index < -0.39 is 0 Å². The molecule has 1 fully saturated rings. The van der Waals surface area contributed by atoms with Crippen molar-refractivity contribution in [2.75, 3.05) is 24.5 Å². The molecular formula is C16H26N2OS. The number of hydrogen-bond acceptors (Lipinski definition) is 4. The number of phenolic OH excluding ortho intramolecular Hbond substituents is 1. The van der Waals surface area contributed by atoms with Gasteiger partial charge in [0.1, 0.15) is 5.75 Å². The number of phenols is 1. The van der Waals surface area contributed by atoms with Crippen LogP contribution in [-0.2, 0) is 0 Å². The largest absolute Gasteiger partial charge is 0.508 e. The molecule has 1 aromatic carbocycles. The summed E-state index contributed by atoms with van der Waals surface area (Å²) in [5, 5.41) is 14.9. The fourth-order valence-corrected chi connectivity index (χ4v) is 4.22. The van der Waals surface area contributed by atoms with E-state index in [1.54, 1.807) is 0 Å². The van der Waals surface area contributed by atoms with Crippen molar-refractivity contribution in [2.24, 2.45) is 0 Å². The van der Waals surface area contributed by atoms with Gasteiger partial charge in [-0.25, -0.2) is 0 Å². The molecule has 1 aliphatic heterocycles. The zero-order valence-electron chi connectivity index (χ0n) is 12.9. The Morgan fingerprint density at radius 1 is 1.35 bits per heavy atom. The molecule has 0 radical (unpaired) electrons. The lowest BCUT2D eigenvalue weighted by Crippen LogP contribution is -2.40. The molecule has 1 aliphatic rings. The smallest absolute Gasteiger partial charge is 0.122 e. The van der Waals surface area contributed by atoms with Crippen LogP contribution in [0.2, 0.25) is 0 Å². The lowest BCUT2D eigenvalue weighted by molar-refractivity contribution is 0.454. The second-order valence-electron chi connectivity index (χ2n) is 5.68. The Kier molecular flexibility index (Phi) is 5.22. The molecule has 1 aromatic rings. The van der Waals surface area contributed by atoms with E-state index in [2.05, 4.69) is 50.0 Å². The van der Waals surface area contributed by atoms with Crippen LogP contribution in [0, 0.1) is 0 Å². The molecule has 20 heavy (non-hydrogen) atoms. The van der Waals surface area contributed by atoms with Gasteiger partial charge in [-0.05, 0) is 19.5 Å². The van der Waals surface area contributed by atoms with Crippen molar-refractivity contribution in [1.29, 1.82) is 0 Å². The Bertz CT molecular complexity index is 442. The van der Waals surface area contributed by atoms with Crippen LogP contribution in [0.5, 0.6) is 5.75 Å². The van der Waals surface area contributed by atoms with Gasteiger partial charge in [0.25, 0.3) is 0 Å². The molecule has 1 heterocycles. The highest BCUT2D eigenvalue weighted by Gasteiger charge is 2.23. The summed E-state index contributed by atoms with van der Waals surface area (Å²) in [4.78, 5) is 2.38. The first kappa shape index (κ1) is 15.5. The molecular weight excluding hydrogens is 268 g/mol. The van der Waals surface area contributed by atoms with Gasteiger partial charge in [-0.15, -0.1) is 0 Å². The van der Waals surface area contributed by atoms with Gasteiger partial charge < -0.3 is 15.3 Å². The maximum atomic E-state index is 10.3. The van der Waals surface area contributed by atoms with Crippen LogP contribution in [0.15, 0.2) is 18.2 Å². The van der Waals surface area contributed by atoms with Crippen molar-refractivity contribution in [1.82, 2.24) is 5.32 Å². The van der Waals surface area contributed by atoms with E-state index in [0.29, 0.717) is 16.2 Å². The molecule has 0 aromatic heterocycles. The molecule has 3 atom stereocenters. The van der Waals surface area contributed by atoms with Crippen LogP contribution in [-0.4, -0.2) is 35.2 Å². The molecule has 2 rings (SSSR count). The molecule has 4 heteroatoms. The summed E-state index contributed by atoms with van der Waals surface area (Å²) in [5.74, 6) is 0.398. The van der Waals surface area contributed by atoms with Crippen LogP contribution >= 0.6 is 11.8 Å². The average Bonchev–Trinajstić information content (AvgIpc) is 2.37. The summed E-state index contributed by atoms with van der Waals surface area (Å²) in [6.45, 7) is 11.7. The minimum atomic E-state index is 0.184. The van der Waals surface area contributed by atoms with E-state index in [0.717, 1.165) is 30.9 Å². The van der Waals surface area contributed by atoms with Gasteiger partial charge in [-0.1, -0.05) is 26.8 Å². The lowest BCUT2D eigenvalue weighted by atomic mass is 10.1. The van der Waals surface area contributed by atoms with E-state index in [-0.39, 0.29) is 6.04 Å². The lowest BCUT2D eigenvalue weighted by Gasteiger charge is -2.36. The highest BCUT2D eigenvalue weighted by molar-refractivity contribution is 8.00. The van der Waals surface area contributed by atoms with Crippen LogP contribution < -0.4 is 10.2 Å². The second-order valence-corrected chi connectivity index (χ2v) is 7.57. The predicted molar refractivity (Wildman–Crippen MR) is 88.9 cm³/mol. The van der Waals surface area contributed by atoms with Crippen molar-refractivity contribution in [3.05, 3.63) is 23.8 Å². The monoisotopic (exact) mass is 294 g/mol. The number of rotatable bonds is 4. The fourth-order valence-electron chi connectivity index (χ4n) is 2.90. The Morgan fingerprint density at radius 3 is 2.55 bits per heavy atom. The van der Waals surface area contributed by atoms with Gasteiger partial charge in [0.15, 0.2) is 0 Å². The van der Waals surface area contributed by atoms with Crippen molar-refractivity contribution in [2.45, 2.75) is 44.2 Å². The maximum absolute atomic E-state index is 10.3. The number of benzene rings is 1. The van der Waals surface area contributed by atoms with Crippen LogP contribution in [0.25, 0.3) is 0 Å². The SMILES string of the molecule is CCNC(C)c1ccc(N2CC(C)SC(C)C2)cc1O. The summed E-state index contributed by atoms with van der Waals surface area (Å²) in [6, 6.07) is 6.29. The van der Waals surface area contributed by atoms with E-state index >= 15 is 0 Å². The Hall–Kier alpha value is -0.870. The van der Waals surface area contributed by atoms with Gasteiger partial charge in [-0.2, -0.15) is 11.8 Å². The minimum Gasteiger partial charge on any atom is -0.508 e. The summed E-state index contributed by atoms with van der Waals surface area (Å²) in [5.41, 5.74) is 2.11. The van der Waals surface area contributed by atoms with E-state index in [1.807, 2.05) is 17.8 Å². The number of nitrogens with zero attached hydrogens (tertiary/aromatic N) is 1. The number of anilines is 1. The molecule has 3 nitrogen and oxygen atoms in total. The van der Waals surface area contributed by atoms with Gasteiger partial charge in [-0.3, -0.25) is 0 Å². The zero-order valence-corrected chi connectivity index (χ0v) is 13.7. The third kappa shape index (κ3) is 3.61. The van der Waals surface area contributed by atoms with Crippen molar-refractivity contribution in [3.8, 4) is 5.75 Å². The molecule has 3 unspecified atom stereocenters. The molecule has 2 N–H and O–H groups in total. The molecule has 0 aliphatic carbocycles. The average molecular weight is 294 g/mol. The standard InChI is InChI=1S/C16H26N2OS/c1-5-17-13(4)15-7-6-14(8-16(15)19)18-9-11(2)20-12(3)10-18/h6-8,11-13,17,19H,5,9-10H2,1-4H3. The zero-order chi connectivity index (χ0) is 14.7. The molecule has 1 saturated heterocycles. The van der Waals surface area contributed by atoms with Crippen LogP contribution in [0.4, 0.5) is 5.69 Å². The molecule has 0 spiro atoms.